The number of carbonyl (C=O) groups is 1. The Labute approximate surface area is 180 Å². The average molecular weight is 416 g/mol. The third kappa shape index (κ3) is 3.73. The SMILES string of the molecule is N#Cc1ccc2[nH]cc(CCCN3CC4CCC(C3)N4c3nccc(C(N)=O)n3)c2c1. The number of piperazine rings is 1. The first-order valence-corrected chi connectivity index (χ1v) is 10.8. The van der Waals surface area contributed by atoms with Gasteiger partial charge in [0.1, 0.15) is 5.69 Å². The largest absolute Gasteiger partial charge is 0.364 e. The van der Waals surface area contributed by atoms with Gasteiger partial charge in [-0.3, -0.25) is 9.69 Å². The first kappa shape index (κ1) is 19.5. The minimum Gasteiger partial charge on any atom is -0.364 e. The Kier molecular flexibility index (Phi) is 5.04. The molecule has 2 bridgehead atoms. The van der Waals surface area contributed by atoms with Gasteiger partial charge in [0.25, 0.3) is 5.91 Å². The van der Waals surface area contributed by atoms with Crippen molar-refractivity contribution < 1.29 is 4.79 Å². The fraction of sp³-hybridized carbons (Fsp3) is 0.391. The molecule has 31 heavy (non-hydrogen) atoms. The smallest absolute Gasteiger partial charge is 0.267 e. The molecule has 3 N–H and O–H groups in total. The molecule has 1 amide bonds. The number of rotatable bonds is 6. The number of nitriles is 1. The monoisotopic (exact) mass is 415 g/mol. The van der Waals surface area contributed by atoms with Gasteiger partial charge in [0, 0.05) is 48.5 Å². The number of nitrogens with one attached hydrogen (secondary N) is 1. The van der Waals surface area contributed by atoms with E-state index >= 15 is 0 Å². The van der Waals surface area contributed by atoms with E-state index in [1.54, 1.807) is 12.3 Å². The summed E-state index contributed by atoms with van der Waals surface area (Å²) in [6, 6.07) is 10.3. The second-order valence-electron chi connectivity index (χ2n) is 8.45. The number of hydrogen-bond acceptors (Lipinski definition) is 6. The standard InChI is InChI=1S/C23H25N7O/c24-11-15-3-6-20-19(10-15)16(12-27-20)2-1-9-29-13-17-4-5-18(14-29)30(17)23-26-8-7-21(28-23)22(25)31/h3,6-8,10,12,17-18,27H,1-2,4-5,9,13-14H2,(H2,25,31). The summed E-state index contributed by atoms with van der Waals surface area (Å²) in [5, 5.41) is 10.3. The van der Waals surface area contributed by atoms with Gasteiger partial charge in [-0.15, -0.1) is 0 Å². The molecule has 2 unspecified atom stereocenters. The summed E-state index contributed by atoms with van der Waals surface area (Å²) in [7, 11) is 0. The number of H-pyrrole nitrogens is 1. The van der Waals surface area contributed by atoms with Crippen molar-refractivity contribution in [2.24, 2.45) is 5.73 Å². The van der Waals surface area contributed by atoms with Crippen LogP contribution in [0.3, 0.4) is 0 Å². The van der Waals surface area contributed by atoms with Crippen LogP contribution in [0.1, 0.15) is 40.9 Å². The predicted molar refractivity (Wildman–Crippen MR) is 118 cm³/mol. The van der Waals surface area contributed by atoms with Crippen molar-refractivity contribution in [2.45, 2.75) is 37.8 Å². The maximum Gasteiger partial charge on any atom is 0.267 e. The predicted octanol–water partition coefficient (Wildman–Crippen LogP) is 2.21. The van der Waals surface area contributed by atoms with E-state index in [1.165, 1.54) is 5.56 Å². The molecule has 0 spiro atoms. The number of aromatic amines is 1. The summed E-state index contributed by atoms with van der Waals surface area (Å²) in [5.41, 5.74) is 8.71. The van der Waals surface area contributed by atoms with E-state index in [0.29, 0.717) is 23.6 Å². The van der Waals surface area contributed by atoms with Gasteiger partial charge in [0.05, 0.1) is 11.6 Å². The second kappa shape index (κ2) is 8.00. The number of carbonyl (C=O) groups excluding carboxylic acids is 1. The fourth-order valence-corrected chi connectivity index (χ4v) is 5.06. The number of anilines is 1. The molecule has 0 saturated carbocycles. The third-order valence-electron chi connectivity index (χ3n) is 6.50. The van der Waals surface area contributed by atoms with Crippen molar-refractivity contribution in [1.29, 1.82) is 5.26 Å². The maximum absolute atomic E-state index is 11.5. The molecule has 158 valence electrons. The zero-order valence-electron chi connectivity index (χ0n) is 17.3. The summed E-state index contributed by atoms with van der Waals surface area (Å²) in [4.78, 5) is 28.4. The number of primary amides is 1. The van der Waals surface area contributed by atoms with E-state index in [0.717, 1.165) is 56.2 Å². The lowest BCUT2D eigenvalue weighted by Crippen LogP contribution is -2.54. The Morgan fingerprint density at radius 1 is 1.26 bits per heavy atom. The first-order chi connectivity index (χ1) is 15.1. The number of fused-ring (bicyclic) bond motifs is 3. The summed E-state index contributed by atoms with van der Waals surface area (Å²) in [6.07, 6.45) is 7.96. The van der Waals surface area contributed by atoms with Crippen LogP contribution >= 0.6 is 0 Å². The Hall–Kier alpha value is -3.44. The number of aryl methyl sites for hydroxylation is 1. The van der Waals surface area contributed by atoms with Crippen LogP contribution in [0.2, 0.25) is 0 Å². The van der Waals surface area contributed by atoms with Gasteiger partial charge in [0.2, 0.25) is 5.95 Å². The molecule has 1 aromatic carbocycles. The summed E-state index contributed by atoms with van der Waals surface area (Å²) >= 11 is 0. The molecule has 2 atom stereocenters. The Bertz CT molecular complexity index is 1150. The molecule has 2 aliphatic heterocycles. The van der Waals surface area contributed by atoms with Gasteiger partial charge in [-0.25, -0.2) is 9.97 Å². The van der Waals surface area contributed by atoms with E-state index in [-0.39, 0.29) is 5.69 Å². The molecule has 0 aliphatic carbocycles. The number of aromatic nitrogens is 3. The molecule has 0 radical (unpaired) electrons. The van der Waals surface area contributed by atoms with Crippen LogP contribution in [0.25, 0.3) is 10.9 Å². The van der Waals surface area contributed by atoms with Gasteiger partial charge in [-0.2, -0.15) is 5.26 Å². The number of likely N-dealkylation sites (tertiary alicyclic amines) is 1. The van der Waals surface area contributed by atoms with Gasteiger partial charge in [0.15, 0.2) is 0 Å². The zero-order chi connectivity index (χ0) is 21.4. The van der Waals surface area contributed by atoms with Gasteiger partial charge in [-0.05, 0) is 62.1 Å². The first-order valence-electron chi connectivity index (χ1n) is 10.8. The van der Waals surface area contributed by atoms with E-state index in [4.69, 9.17) is 5.73 Å². The minimum atomic E-state index is -0.520. The van der Waals surface area contributed by atoms with Crippen LogP contribution in [-0.2, 0) is 6.42 Å². The summed E-state index contributed by atoms with van der Waals surface area (Å²) in [5.74, 6) is 0.101. The maximum atomic E-state index is 11.5. The zero-order valence-corrected chi connectivity index (χ0v) is 17.3. The lowest BCUT2D eigenvalue weighted by atomic mass is 10.1. The number of hydrogen-bond donors (Lipinski definition) is 2. The molecule has 2 saturated heterocycles. The number of nitrogens with zero attached hydrogens (tertiary/aromatic N) is 5. The molecule has 8 nitrogen and oxygen atoms in total. The molecule has 5 rings (SSSR count). The van der Waals surface area contributed by atoms with Crippen LogP contribution in [0.15, 0.2) is 36.7 Å². The molecule has 2 aromatic heterocycles. The summed E-state index contributed by atoms with van der Waals surface area (Å²) in [6.45, 7) is 2.99. The Morgan fingerprint density at radius 3 is 2.81 bits per heavy atom. The Balaban J connectivity index is 1.22. The highest BCUT2D eigenvalue weighted by molar-refractivity contribution is 5.90. The molecule has 2 fully saturated rings. The lowest BCUT2D eigenvalue weighted by molar-refractivity contribution is 0.0995. The van der Waals surface area contributed by atoms with Crippen molar-refractivity contribution in [1.82, 2.24) is 19.9 Å². The molecular formula is C23H25N7O. The van der Waals surface area contributed by atoms with Crippen LogP contribution < -0.4 is 10.6 Å². The lowest BCUT2D eigenvalue weighted by Gasteiger charge is -2.41. The van der Waals surface area contributed by atoms with Gasteiger partial charge >= 0.3 is 0 Å². The number of nitrogens with two attached hydrogens (primary N) is 1. The van der Waals surface area contributed by atoms with Gasteiger partial charge < -0.3 is 15.6 Å². The van der Waals surface area contributed by atoms with Crippen LogP contribution in [0.4, 0.5) is 5.95 Å². The van der Waals surface area contributed by atoms with Gasteiger partial charge in [-0.1, -0.05) is 0 Å². The van der Waals surface area contributed by atoms with E-state index < -0.39 is 5.91 Å². The molecule has 2 aliphatic rings. The topological polar surface area (TPSA) is 115 Å². The van der Waals surface area contributed by atoms with Crippen molar-refractivity contribution >= 4 is 22.8 Å². The molecule has 3 aromatic rings. The van der Waals surface area contributed by atoms with Crippen molar-refractivity contribution in [3.05, 3.63) is 53.5 Å². The second-order valence-corrected chi connectivity index (χ2v) is 8.45. The summed E-state index contributed by atoms with van der Waals surface area (Å²) < 4.78 is 0. The van der Waals surface area contributed by atoms with Crippen LogP contribution in [-0.4, -0.2) is 57.5 Å². The molecule has 4 heterocycles. The quantitative estimate of drug-likeness (QED) is 0.638. The highest BCUT2D eigenvalue weighted by Gasteiger charge is 2.41. The highest BCUT2D eigenvalue weighted by atomic mass is 16.1. The number of amides is 1. The van der Waals surface area contributed by atoms with E-state index in [9.17, 15) is 10.1 Å². The minimum absolute atomic E-state index is 0.269. The van der Waals surface area contributed by atoms with E-state index in [1.807, 2.05) is 18.2 Å². The molecular weight excluding hydrogens is 390 g/mol. The van der Waals surface area contributed by atoms with E-state index in [2.05, 4.69) is 37.0 Å². The Morgan fingerprint density at radius 2 is 2.06 bits per heavy atom. The highest BCUT2D eigenvalue weighted by Crippen LogP contribution is 2.33. The molecule has 8 heteroatoms. The van der Waals surface area contributed by atoms with Crippen LogP contribution in [0, 0.1) is 11.3 Å². The van der Waals surface area contributed by atoms with Crippen LogP contribution in [0.5, 0.6) is 0 Å². The number of benzene rings is 1. The van der Waals surface area contributed by atoms with Crippen molar-refractivity contribution in [2.75, 3.05) is 24.5 Å². The average Bonchev–Trinajstić information content (AvgIpc) is 3.31. The van der Waals surface area contributed by atoms with Crippen molar-refractivity contribution in [3.8, 4) is 6.07 Å². The third-order valence-corrected chi connectivity index (χ3v) is 6.50. The van der Waals surface area contributed by atoms with Crippen molar-refractivity contribution in [3.63, 3.8) is 0 Å². The fourth-order valence-electron chi connectivity index (χ4n) is 5.06. The normalized spacial score (nSPS) is 20.8.